The molecule has 76 valence electrons. The molecule has 0 saturated carbocycles. The molecule has 0 radical (unpaired) electrons. The zero-order valence-corrected chi connectivity index (χ0v) is 9.33. The van der Waals surface area contributed by atoms with Crippen LogP contribution in [0.4, 0.5) is 5.69 Å². The van der Waals surface area contributed by atoms with Crippen LogP contribution in [-0.2, 0) is 0 Å². The van der Waals surface area contributed by atoms with Gasteiger partial charge >= 0.3 is 0 Å². The predicted molar refractivity (Wildman–Crippen MR) is 66.1 cm³/mol. The average molecular weight is 216 g/mol. The van der Waals surface area contributed by atoms with Crippen molar-refractivity contribution in [2.24, 2.45) is 0 Å². The number of pyridine rings is 1. The third-order valence-electron chi connectivity index (χ3n) is 2.21. The van der Waals surface area contributed by atoms with E-state index in [0.717, 1.165) is 21.8 Å². The van der Waals surface area contributed by atoms with Crippen LogP contribution in [0, 0.1) is 6.92 Å². The summed E-state index contributed by atoms with van der Waals surface area (Å²) in [6.07, 6.45) is 0. The second kappa shape index (κ2) is 3.95. The molecule has 0 aliphatic rings. The Labute approximate surface area is 94.6 Å². The van der Waals surface area contributed by atoms with Gasteiger partial charge in [0.05, 0.1) is 5.69 Å². The van der Waals surface area contributed by atoms with Crippen LogP contribution in [-0.4, -0.2) is 4.98 Å². The largest absolute Gasteiger partial charge is 0.398 e. The number of aryl methyl sites for hydroxylation is 1. The summed E-state index contributed by atoms with van der Waals surface area (Å²) >= 11 is 4.29. The van der Waals surface area contributed by atoms with Crippen molar-refractivity contribution in [3.05, 3.63) is 42.1 Å². The van der Waals surface area contributed by atoms with Crippen molar-refractivity contribution in [1.82, 2.24) is 4.98 Å². The minimum atomic E-state index is 0.690. The number of thiol groups is 1. The van der Waals surface area contributed by atoms with E-state index in [1.807, 2.05) is 43.3 Å². The fourth-order valence-electron chi connectivity index (χ4n) is 1.41. The Morgan fingerprint density at radius 3 is 2.67 bits per heavy atom. The Morgan fingerprint density at radius 2 is 2.00 bits per heavy atom. The molecule has 0 fully saturated rings. The zero-order chi connectivity index (χ0) is 10.8. The van der Waals surface area contributed by atoms with Crippen LogP contribution in [0.5, 0.6) is 0 Å². The highest BCUT2D eigenvalue weighted by molar-refractivity contribution is 7.80. The van der Waals surface area contributed by atoms with Crippen molar-refractivity contribution in [3.63, 3.8) is 0 Å². The highest BCUT2D eigenvalue weighted by Gasteiger charge is 2.01. The molecular formula is C12H12N2S. The van der Waals surface area contributed by atoms with Crippen LogP contribution < -0.4 is 5.73 Å². The van der Waals surface area contributed by atoms with Gasteiger partial charge in [-0.2, -0.15) is 0 Å². The molecular weight excluding hydrogens is 204 g/mol. The molecule has 1 aromatic heterocycles. The molecule has 2 rings (SSSR count). The molecule has 3 heteroatoms. The highest BCUT2D eigenvalue weighted by atomic mass is 32.1. The van der Waals surface area contributed by atoms with Crippen LogP contribution in [0.2, 0.25) is 0 Å². The molecule has 2 aromatic rings. The van der Waals surface area contributed by atoms with Crippen molar-refractivity contribution in [3.8, 4) is 11.3 Å². The van der Waals surface area contributed by atoms with Crippen LogP contribution >= 0.6 is 12.6 Å². The number of anilines is 1. The molecule has 0 atom stereocenters. The van der Waals surface area contributed by atoms with E-state index < -0.39 is 0 Å². The standard InChI is InChI=1S/C12H12N2S/c1-8-3-2-4-11(14-8)9-5-6-10(13)12(15)7-9/h2-7,15H,13H2,1H3. The molecule has 0 amide bonds. The normalized spacial score (nSPS) is 10.3. The lowest BCUT2D eigenvalue weighted by Gasteiger charge is -2.04. The van der Waals surface area contributed by atoms with Crippen LogP contribution in [0.15, 0.2) is 41.3 Å². The summed E-state index contributed by atoms with van der Waals surface area (Å²) in [5.41, 5.74) is 9.38. The van der Waals surface area contributed by atoms with Gasteiger partial charge in [-0.1, -0.05) is 12.1 Å². The van der Waals surface area contributed by atoms with Gasteiger partial charge in [0.25, 0.3) is 0 Å². The van der Waals surface area contributed by atoms with Crippen molar-refractivity contribution in [1.29, 1.82) is 0 Å². The summed E-state index contributed by atoms with van der Waals surface area (Å²) in [5, 5.41) is 0. The molecule has 0 aliphatic carbocycles. The fraction of sp³-hybridized carbons (Fsp3) is 0.0833. The summed E-state index contributed by atoms with van der Waals surface area (Å²) in [4.78, 5) is 5.23. The van der Waals surface area contributed by atoms with Crippen molar-refractivity contribution < 1.29 is 0 Å². The highest BCUT2D eigenvalue weighted by Crippen LogP contribution is 2.24. The monoisotopic (exact) mass is 216 g/mol. The van der Waals surface area contributed by atoms with Gasteiger partial charge in [0.1, 0.15) is 0 Å². The van der Waals surface area contributed by atoms with Gasteiger partial charge in [-0.3, -0.25) is 4.98 Å². The minimum absolute atomic E-state index is 0.690. The lowest BCUT2D eigenvalue weighted by atomic mass is 10.1. The molecule has 0 spiro atoms. The quantitative estimate of drug-likeness (QED) is 0.568. The maximum Gasteiger partial charge on any atom is 0.0705 e. The predicted octanol–water partition coefficient (Wildman–Crippen LogP) is 2.93. The first-order valence-electron chi connectivity index (χ1n) is 4.69. The first kappa shape index (κ1) is 10.1. The molecule has 0 unspecified atom stereocenters. The van der Waals surface area contributed by atoms with Gasteiger partial charge in [-0.25, -0.2) is 0 Å². The SMILES string of the molecule is Cc1cccc(-c2ccc(N)c(S)c2)n1. The van der Waals surface area contributed by atoms with E-state index in [1.54, 1.807) is 0 Å². The number of hydrogen-bond donors (Lipinski definition) is 2. The summed E-state index contributed by atoms with van der Waals surface area (Å²) in [6, 6.07) is 11.7. The molecule has 1 aromatic carbocycles. The first-order chi connectivity index (χ1) is 7.16. The second-order valence-corrected chi connectivity index (χ2v) is 3.92. The zero-order valence-electron chi connectivity index (χ0n) is 8.44. The Morgan fingerprint density at radius 1 is 1.20 bits per heavy atom. The number of nitrogens with zero attached hydrogens (tertiary/aromatic N) is 1. The fourth-order valence-corrected chi connectivity index (χ4v) is 1.62. The van der Waals surface area contributed by atoms with Gasteiger partial charge in [-0.15, -0.1) is 12.6 Å². The summed E-state index contributed by atoms with van der Waals surface area (Å²) in [7, 11) is 0. The number of rotatable bonds is 1. The number of benzene rings is 1. The molecule has 15 heavy (non-hydrogen) atoms. The number of nitrogens with two attached hydrogens (primary N) is 1. The van der Waals surface area contributed by atoms with Gasteiger partial charge in [0.15, 0.2) is 0 Å². The van der Waals surface area contributed by atoms with Crippen molar-refractivity contribution in [2.45, 2.75) is 11.8 Å². The molecule has 2 nitrogen and oxygen atoms in total. The van der Waals surface area contributed by atoms with E-state index >= 15 is 0 Å². The van der Waals surface area contributed by atoms with Gasteiger partial charge < -0.3 is 5.73 Å². The lowest BCUT2D eigenvalue weighted by Crippen LogP contribution is -1.89. The maximum absolute atomic E-state index is 5.70. The maximum atomic E-state index is 5.70. The van der Waals surface area contributed by atoms with Gasteiger partial charge in [0, 0.05) is 21.8 Å². The molecule has 0 aliphatic heterocycles. The van der Waals surface area contributed by atoms with E-state index in [1.165, 1.54) is 0 Å². The summed E-state index contributed by atoms with van der Waals surface area (Å²) in [6.45, 7) is 1.97. The average Bonchev–Trinajstić information content (AvgIpc) is 2.22. The summed E-state index contributed by atoms with van der Waals surface area (Å²) in [5.74, 6) is 0. The molecule has 2 N–H and O–H groups in total. The Kier molecular flexibility index (Phi) is 2.64. The van der Waals surface area contributed by atoms with E-state index in [-0.39, 0.29) is 0 Å². The topological polar surface area (TPSA) is 38.9 Å². The van der Waals surface area contributed by atoms with Crippen LogP contribution in [0.1, 0.15) is 5.69 Å². The molecule has 1 heterocycles. The molecule has 0 saturated heterocycles. The van der Waals surface area contributed by atoms with E-state index in [9.17, 15) is 0 Å². The Hall–Kier alpha value is -1.48. The van der Waals surface area contributed by atoms with Crippen LogP contribution in [0.3, 0.4) is 0 Å². The Bertz CT molecular complexity index is 495. The number of hydrogen-bond acceptors (Lipinski definition) is 3. The van der Waals surface area contributed by atoms with Crippen LogP contribution in [0.25, 0.3) is 11.3 Å². The molecule has 0 bridgehead atoms. The third kappa shape index (κ3) is 2.13. The van der Waals surface area contributed by atoms with Gasteiger partial charge in [0.2, 0.25) is 0 Å². The lowest BCUT2D eigenvalue weighted by molar-refractivity contribution is 1.20. The van der Waals surface area contributed by atoms with E-state index in [2.05, 4.69) is 17.6 Å². The van der Waals surface area contributed by atoms with E-state index in [0.29, 0.717) is 5.69 Å². The number of aromatic nitrogens is 1. The smallest absolute Gasteiger partial charge is 0.0705 e. The Balaban J connectivity index is 2.50. The van der Waals surface area contributed by atoms with Crippen molar-refractivity contribution in [2.75, 3.05) is 5.73 Å². The minimum Gasteiger partial charge on any atom is -0.398 e. The van der Waals surface area contributed by atoms with Gasteiger partial charge in [-0.05, 0) is 31.2 Å². The van der Waals surface area contributed by atoms with E-state index in [4.69, 9.17) is 5.73 Å². The third-order valence-corrected chi connectivity index (χ3v) is 2.60. The number of nitrogen functional groups attached to an aromatic ring is 1. The summed E-state index contributed by atoms with van der Waals surface area (Å²) < 4.78 is 0. The first-order valence-corrected chi connectivity index (χ1v) is 5.14. The second-order valence-electron chi connectivity index (χ2n) is 3.44. The van der Waals surface area contributed by atoms with Crippen molar-refractivity contribution >= 4 is 18.3 Å².